The molecule has 16 heavy (non-hydrogen) atoms. The predicted octanol–water partition coefficient (Wildman–Crippen LogP) is 3.68. The smallest absolute Gasteiger partial charge is 0.324 e. The van der Waals surface area contributed by atoms with E-state index in [9.17, 15) is 13.2 Å². The third-order valence-corrected chi connectivity index (χ3v) is 2.28. The van der Waals surface area contributed by atoms with Gasteiger partial charge in [0.1, 0.15) is 0 Å². The third kappa shape index (κ3) is 4.41. The van der Waals surface area contributed by atoms with Gasteiger partial charge in [0, 0.05) is 6.04 Å². The number of hydrogen-bond donors (Lipinski definition) is 1. The van der Waals surface area contributed by atoms with Crippen molar-refractivity contribution in [1.82, 2.24) is 0 Å². The molecular formula is C11H15ClF3N. The fourth-order valence-electron chi connectivity index (χ4n) is 1.60. The summed E-state index contributed by atoms with van der Waals surface area (Å²) in [7, 11) is 0. The van der Waals surface area contributed by atoms with E-state index in [4.69, 9.17) is 5.73 Å². The van der Waals surface area contributed by atoms with Crippen molar-refractivity contribution in [1.29, 1.82) is 0 Å². The molecule has 0 saturated carbocycles. The van der Waals surface area contributed by atoms with Crippen LogP contribution in [0.2, 0.25) is 0 Å². The Morgan fingerprint density at radius 2 is 1.81 bits per heavy atom. The van der Waals surface area contributed by atoms with E-state index in [-0.39, 0.29) is 12.4 Å². The first-order valence-corrected chi connectivity index (χ1v) is 4.69. The van der Waals surface area contributed by atoms with E-state index in [1.807, 2.05) is 13.0 Å². The molecule has 1 aromatic carbocycles. The molecule has 0 spiro atoms. The highest BCUT2D eigenvalue weighted by Crippen LogP contribution is 2.29. The van der Waals surface area contributed by atoms with E-state index in [0.717, 1.165) is 11.1 Å². The highest BCUT2D eigenvalue weighted by molar-refractivity contribution is 5.85. The van der Waals surface area contributed by atoms with Gasteiger partial charge in [-0.15, -0.1) is 12.4 Å². The summed E-state index contributed by atoms with van der Waals surface area (Å²) in [6, 6.07) is 4.32. The lowest BCUT2D eigenvalue weighted by Gasteiger charge is -2.16. The molecule has 0 aliphatic carbocycles. The molecule has 1 rings (SSSR count). The lowest BCUT2D eigenvalue weighted by Crippen LogP contribution is -2.20. The Morgan fingerprint density at radius 3 is 2.25 bits per heavy atom. The summed E-state index contributed by atoms with van der Waals surface area (Å²) in [5.74, 6) is 0. The minimum atomic E-state index is -4.21. The number of halogens is 4. The minimum absolute atomic E-state index is 0. The van der Waals surface area contributed by atoms with Gasteiger partial charge in [0.05, 0.1) is 6.42 Å². The second-order valence-electron chi connectivity index (χ2n) is 3.79. The lowest BCUT2D eigenvalue weighted by atomic mass is 9.98. The molecule has 2 N–H and O–H groups in total. The van der Waals surface area contributed by atoms with Gasteiger partial charge in [0.15, 0.2) is 0 Å². The Bertz CT molecular complexity index is 350. The second-order valence-corrected chi connectivity index (χ2v) is 3.79. The fourth-order valence-corrected chi connectivity index (χ4v) is 1.60. The molecule has 0 aromatic heterocycles. The molecule has 0 saturated heterocycles. The lowest BCUT2D eigenvalue weighted by molar-refractivity contribution is -0.138. The van der Waals surface area contributed by atoms with Crippen LogP contribution in [0.4, 0.5) is 13.2 Å². The van der Waals surface area contributed by atoms with Crippen LogP contribution < -0.4 is 5.73 Å². The van der Waals surface area contributed by atoms with Crippen LogP contribution in [0.5, 0.6) is 0 Å². The van der Waals surface area contributed by atoms with Crippen LogP contribution in [0.15, 0.2) is 18.2 Å². The molecule has 0 heterocycles. The third-order valence-electron chi connectivity index (χ3n) is 2.28. The van der Waals surface area contributed by atoms with Crippen molar-refractivity contribution < 1.29 is 13.2 Å². The fraction of sp³-hybridized carbons (Fsp3) is 0.455. The first-order chi connectivity index (χ1) is 6.79. The van der Waals surface area contributed by atoms with Crippen molar-refractivity contribution in [2.75, 3.05) is 0 Å². The standard InChI is InChI=1S/C11H14F3N.ClH/c1-7-3-4-9(8(2)5-7)10(15)6-11(12,13)14;/h3-5,10H,6,15H2,1-2H3;1H/t10-;/m0./s1. The first kappa shape index (κ1) is 15.3. The van der Waals surface area contributed by atoms with Gasteiger partial charge in [-0.1, -0.05) is 23.8 Å². The molecule has 1 atom stereocenters. The second kappa shape index (κ2) is 5.55. The summed E-state index contributed by atoms with van der Waals surface area (Å²) >= 11 is 0. The molecular weight excluding hydrogens is 239 g/mol. The normalized spacial score (nSPS) is 13.1. The van der Waals surface area contributed by atoms with Crippen LogP contribution in [0, 0.1) is 13.8 Å². The van der Waals surface area contributed by atoms with Crippen LogP contribution in [-0.2, 0) is 0 Å². The van der Waals surface area contributed by atoms with Crippen LogP contribution in [0.25, 0.3) is 0 Å². The number of alkyl halides is 3. The highest BCUT2D eigenvalue weighted by atomic mass is 35.5. The van der Waals surface area contributed by atoms with Gasteiger partial charge in [-0.3, -0.25) is 0 Å². The van der Waals surface area contributed by atoms with Crippen LogP contribution in [-0.4, -0.2) is 6.18 Å². The van der Waals surface area contributed by atoms with Crippen LogP contribution in [0.3, 0.4) is 0 Å². The van der Waals surface area contributed by atoms with E-state index in [0.29, 0.717) is 5.56 Å². The molecule has 0 radical (unpaired) electrons. The summed E-state index contributed by atoms with van der Waals surface area (Å²) in [4.78, 5) is 0. The molecule has 0 fully saturated rings. The summed E-state index contributed by atoms with van der Waals surface area (Å²) in [5, 5.41) is 0. The van der Waals surface area contributed by atoms with Crippen molar-refractivity contribution in [2.45, 2.75) is 32.5 Å². The molecule has 0 unspecified atom stereocenters. The van der Waals surface area contributed by atoms with Gasteiger partial charge in [0.25, 0.3) is 0 Å². The summed E-state index contributed by atoms with van der Waals surface area (Å²) in [5.41, 5.74) is 7.91. The van der Waals surface area contributed by atoms with E-state index in [1.54, 1.807) is 19.1 Å². The molecule has 1 aromatic rings. The van der Waals surface area contributed by atoms with Gasteiger partial charge in [-0.05, 0) is 25.0 Å². The zero-order valence-electron chi connectivity index (χ0n) is 9.14. The Labute approximate surface area is 99.2 Å². The largest absolute Gasteiger partial charge is 0.390 e. The molecule has 0 amide bonds. The maximum absolute atomic E-state index is 12.1. The predicted molar refractivity (Wildman–Crippen MR) is 60.8 cm³/mol. The maximum atomic E-state index is 12.1. The number of rotatable bonds is 2. The molecule has 1 nitrogen and oxygen atoms in total. The number of benzene rings is 1. The van der Waals surface area contributed by atoms with Crippen molar-refractivity contribution in [3.05, 3.63) is 34.9 Å². The van der Waals surface area contributed by atoms with Crippen LogP contribution >= 0.6 is 12.4 Å². The quantitative estimate of drug-likeness (QED) is 0.855. The Morgan fingerprint density at radius 1 is 1.25 bits per heavy atom. The van der Waals surface area contributed by atoms with Gasteiger partial charge in [-0.25, -0.2) is 0 Å². The Kier molecular flexibility index (Phi) is 5.29. The number of hydrogen-bond acceptors (Lipinski definition) is 1. The van der Waals surface area contributed by atoms with E-state index >= 15 is 0 Å². The van der Waals surface area contributed by atoms with E-state index in [2.05, 4.69) is 0 Å². The Hall–Kier alpha value is -0.740. The van der Waals surface area contributed by atoms with Gasteiger partial charge in [0.2, 0.25) is 0 Å². The van der Waals surface area contributed by atoms with E-state index < -0.39 is 18.6 Å². The average molecular weight is 254 g/mol. The average Bonchev–Trinajstić information content (AvgIpc) is 1.99. The number of nitrogens with two attached hydrogens (primary N) is 1. The minimum Gasteiger partial charge on any atom is -0.324 e. The molecule has 0 bridgehead atoms. The summed E-state index contributed by atoms with van der Waals surface area (Å²) in [6.07, 6.45) is -5.19. The van der Waals surface area contributed by atoms with E-state index in [1.165, 1.54) is 0 Å². The van der Waals surface area contributed by atoms with Crippen molar-refractivity contribution in [2.24, 2.45) is 5.73 Å². The van der Waals surface area contributed by atoms with Gasteiger partial charge >= 0.3 is 6.18 Å². The number of aryl methyl sites for hydroxylation is 2. The SMILES string of the molecule is Cc1ccc([C@@H](N)CC(F)(F)F)c(C)c1.Cl. The monoisotopic (exact) mass is 253 g/mol. The van der Waals surface area contributed by atoms with Crippen molar-refractivity contribution in [3.63, 3.8) is 0 Å². The van der Waals surface area contributed by atoms with Crippen molar-refractivity contribution in [3.8, 4) is 0 Å². The topological polar surface area (TPSA) is 26.0 Å². The van der Waals surface area contributed by atoms with Gasteiger partial charge in [-0.2, -0.15) is 13.2 Å². The highest BCUT2D eigenvalue weighted by Gasteiger charge is 2.31. The summed E-state index contributed by atoms with van der Waals surface area (Å²) in [6.45, 7) is 3.67. The maximum Gasteiger partial charge on any atom is 0.390 e. The molecule has 0 aliphatic heterocycles. The molecule has 92 valence electrons. The Balaban J connectivity index is 0.00000225. The zero-order chi connectivity index (χ0) is 11.6. The van der Waals surface area contributed by atoms with Crippen LogP contribution in [0.1, 0.15) is 29.2 Å². The van der Waals surface area contributed by atoms with Gasteiger partial charge < -0.3 is 5.73 Å². The van der Waals surface area contributed by atoms with Crippen molar-refractivity contribution >= 4 is 12.4 Å². The zero-order valence-corrected chi connectivity index (χ0v) is 9.95. The first-order valence-electron chi connectivity index (χ1n) is 4.69. The molecule has 5 heteroatoms. The molecule has 0 aliphatic rings. The summed E-state index contributed by atoms with van der Waals surface area (Å²) < 4.78 is 36.4.